The van der Waals surface area contributed by atoms with Gasteiger partial charge in [-0.1, -0.05) is 6.08 Å². The number of ketones is 1. The minimum Gasteiger partial charge on any atom is -0.292 e. The second kappa shape index (κ2) is 4.33. The Morgan fingerprint density at radius 2 is 2.50 bits per heavy atom. The van der Waals surface area contributed by atoms with E-state index in [1.807, 2.05) is 6.07 Å². The zero-order valence-electron chi connectivity index (χ0n) is 7.90. The van der Waals surface area contributed by atoms with E-state index < -0.39 is 5.92 Å². The van der Waals surface area contributed by atoms with Crippen molar-refractivity contribution in [3.63, 3.8) is 0 Å². The lowest BCUT2D eigenvalue weighted by Crippen LogP contribution is -2.12. The highest BCUT2D eigenvalue weighted by molar-refractivity contribution is 6.01. The molecule has 0 amide bonds. The lowest BCUT2D eigenvalue weighted by Gasteiger charge is -2.04. The Labute approximate surface area is 82.7 Å². The predicted octanol–water partition coefficient (Wildman–Crippen LogP) is 1.90. The van der Waals surface area contributed by atoms with Crippen molar-refractivity contribution in [2.24, 2.45) is 5.92 Å². The fourth-order valence-corrected chi connectivity index (χ4v) is 1.13. The number of allylic oxidation sites excluding steroid dienone is 1. The van der Waals surface area contributed by atoms with E-state index in [1.165, 1.54) is 6.08 Å². The molecule has 0 radical (unpaired) electrons. The summed E-state index contributed by atoms with van der Waals surface area (Å²) in [5.41, 5.74) is 1.12. The molecule has 70 valence electrons. The average Bonchev–Trinajstić information content (AvgIpc) is 2.20. The van der Waals surface area contributed by atoms with Gasteiger partial charge in [0.15, 0.2) is 5.78 Å². The molecule has 0 saturated carbocycles. The monoisotopic (exact) mass is 186 g/mol. The first kappa shape index (κ1) is 10.1. The fraction of sp³-hybridized carbons (Fsp3) is 0.182. The standard InChI is InChI=1S/C11H10N2O/c1-3-9(7-12)11(14)10-5-4-6-13-8(10)2/h3-6,9H,1H2,2H3. The minimum absolute atomic E-state index is 0.242. The Hall–Kier alpha value is -1.95. The highest BCUT2D eigenvalue weighted by atomic mass is 16.1. The van der Waals surface area contributed by atoms with E-state index in [2.05, 4.69) is 11.6 Å². The second-order valence-corrected chi connectivity index (χ2v) is 2.84. The first-order chi connectivity index (χ1) is 6.70. The van der Waals surface area contributed by atoms with Crippen LogP contribution in [0.4, 0.5) is 0 Å². The zero-order valence-corrected chi connectivity index (χ0v) is 7.90. The molecule has 0 aliphatic rings. The number of pyridine rings is 1. The Morgan fingerprint density at radius 1 is 1.79 bits per heavy atom. The minimum atomic E-state index is -0.780. The topological polar surface area (TPSA) is 53.8 Å². The fourth-order valence-electron chi connectivity index (χ4n) is 1.13. The quantitative estimate of drug-likeness (QED) is 0.535. The molecule has 3 heteroatoms. The molecular weight excluding hydrogens is 176 g/mol. The number of carbonyl (C=O) groups excluding carboxylic acids is 1. The number of aryl methyl sites for hydroxylation is 1. The molecule has 0 spiro atoms. The molecule has 1 aromatic heterocycles. The first-order valence-corrected chi connectivity index (χ1v) is 4.18. The summed E-state index contributed by atoms with van der Waals surface area (Å²) in [4.78, 5) is 15.7. The summed E-state index contributed by atoms with van der Waals surface area (Å²) in [6, 6.07) is 5.23. The third-order valence-electron chi connectivity index (χ3n) is 1.93. The largest absolute Gasteiger partial charge is 0.292 e. The van der Waals surface area contributed by atoms with Gasteiger partial charge in [-0.05, 0) is 19.1 Å². The van der Waals surface area contributed by atoms with Crippen molar-refractivity contribution in [3.8, 4) is 6.07 Å². The van der Waals surface area contributed by atoms with Gasteiger partial charge < -0.3 is 0 Å². The predicted molar refractivity (Wildman–Crippen MR) is 52.6 cm³/mol. The van der Waals surface area contributed by atoms with Crippen molar-refractivity contribution in [2.75, 3.05) is 0 Å². The number of aromatic nitrogens is 1. The number of Topliss-reactive ketones (excluding diaryl/α,β-unsaturated/α-hetero) is 1. The summed E-state index contributed by atoms with van der Waals surface area (Å²) in [7, 11) is 0. The second-order valence-electron chi connectivity index (χ2n) is 2.84. The highest BCUT2D eigenvalue weighted by Gasteiger charge is 2.17. The van der Waals surface area contributed by atoms with E-state index in [-0.39, 0.29) is 5.78 Å². The van der Waals surface area contributed by atoms with Crippen LogP contribution in [0.15, 0.2) is 31.0 Å². The number of hydrogen-bond acceptors (Lipinski definition) is 3. The molecule has 1 atom stereocenters. The molecule has 14 heavy (non-hydrogen) atoms. The number of rotatable bonds is 3. The van der Waals surface area contributed by atoms with Gasteiger partial charge in [-0.15, -0.1) is 6.58 Å². The van der Waals surface area contributed by atoms with Crippen LogP contribution < -0.4 is 0 Å². The average molecular weight is 186 g/mol. The number of hydrogen-bond donors (Lipinski definition) is 0. The molecule has 0 aliphatic carbocycles. The van der Waals surface area contributed by atoms with Gasteiger partial charge in [0.05, 0.1) is 6.07 Å². The molecule has 0 bridgehead atoms. The van der Waals surface area contributed by atoms with Gasteiger partial charge >= 0.3 is 0 Å². The van der Waals surface area contributed by atoms with Gasteiger partial charge in [-0.25, -0.2) is 0 Å². The van der Waals surface area contributed by atoms with Crippen LogP contribution >= 0.6 is 0 Å². The maximum absolute atomic E-state index is 11.7. The molecule has 0 saturated heterocycles. The zero-order chi connectivity index (χ0) is 10.6. The van der Waals surface area contributed by atoms with Crippen LogP contribution in [-0.2, 0) is 0 Å². The lowest BCUT2D eigenvalue weighted by molar-refractivity contribution is 0.0967. The Bertz CT molecular complexity index is 404. The van der Waals surface area contributed by atoms with Crippen LogP contribution in [0.3, 0.4) is 0 Å². The Kier molecular flexibility index (Phi) is 3.14. The molecule has 1 heterocycles. The molecule has 0 aliphatic heterocycles. The van der Waals surface area contributed by atoms with E-state index in [1.54, 1.807) is 25.3 Å². The van der Waals surface area contributed by atoms with Crippen molar-refractivity contribution in [1.29, 1.82) is 5.26 Å². The van der Waals surface area contributed by atoms with Crippen LogP contribution in [0.5, 0.6) is 0 Å². The van der Waals surface area contributed by atoms with Gasteiger partial charge in [0.1, 0.15) is 5.92 Å². The maximum atomic E-state index is 11.7. The molecule has 3 nitrogen and oxygen atoms in total. The van der Waals surface area contributed by atoms with E-state index in [9.17, 15) is 4.79 Å². The van der Waals surface area contributed by atoms with Crippen LogP contribution in [0.25, 0.3) is 0 Å². The van der Waals surface area contributed by atoms with E-state index in [0.29, 0.717) is 11.3 Å². The van der Waals surface area contributed by atoms with E-state index >= 15 is 0 Å². The van der Waals surface area contributed by atoms with E-state index in [0.717, 1.165) is 0 Å². The Balaban J connectivity index is 3.07. The molecule has 0 N–H and O–H groups in total. The van der Waals surface area contributed by atoms with Crippen LogP contribution in [0, 0.1) is 24.2 Å². The van der Waals surface area contributed by atoms with Crippen LogP contribution in [-0.4, -0.2) is 10.8 Å². The van der Waals surface area contributed by atoms with Crippen molar-refractivity contribution in [3.05, 3.63) is 42.2 Å². The third kappa shape index (κ3) is 1.86. The van der Waals surface area contributed by atoms with Crippen molar-refractivity contribution in [1.82, 2.24) is 4.98 Å². The van der Waals surface area contributed by atoms with Crippen LogP contribution in [0.2, 0.25) is 0 Å². The summed E-state index contributed by atoms with van der Waals surface area (Å²) in [6.45, 7) is 5.19. The number of nitriles is 1. The maximum Gasteiger partial charge on any atom is 0.185 e. The Morgan fingerprint density at radius 3 is 3.00 bits per heavy atom. The molecule has 0 aromatic carbocycles. The molecule has 1 rings (SSSR count). The summed E-state index contributed by atoms with van der Waals surface area (Å²) >= 11 is 0. The van der Waals surface area contributed by atoms with E-state index in [4.69, 9.17) is 5.26 Å². The van der Waals surface area contributed by atoms with Gasteiger partial charge in [0.25, 0.3) is 0 Å². The van der Waals surface area contributed by atoms with Gasteiger partial charge in [0, 0.05) is 17.5 Å². The number of carbonyl (C=O) groups is 1. The van der Waals surface area contributed by atoms with Gasteiger partial charge in [-0.2, -0.15) is 5.26 Å². The SMILES string of the molecule is C=CC(C#N)C(=O)c1cccnc1C. The van der Waals surface area contributed by atoms with Crippen molar-refractivity contribution in [2.45, 2.75) is 6.92 Å². The molecular formula is C11H10N2O. The lowest BCUT2D eigenvalue weighted by atomic mass is 9.98. The van der Waals surface area contributed by atoms with Crippen LogP contribution in [0.1, 0.15) is 16.1 Å². The van der Waals surface area contributed by atoms with Crippen molar-refractivity contribution < 1.29 is 4.79 Å². The van der Waals surface area contributed by atoms with Gasteiger partial charge in [-0.3, -0.25) is 9.78 Å². The highest BCUT2D eigenvalue weighted by Crippen LogP contribution is 2.11. The van der Waals surface area contributed by atoms with Gasteiger partial charge in [0.2, 0.25) is 0 Å². The molecule has 0 fully saturated rings. The third-order valence-corrected chi connectivity index (χ3v) is 1.93. The first-order valence-electron chi connectivity index (χ1n) is 4.18. The summed E-state index contributed by atoms with van der Waals surface area (Å²) < 4.78 is 0. The summed E-state index contributed by atoms with van der Waals surface area (Å²) in [6.07, 6.45) is 2.95. The smallest absolute Gasteiger partial charge is 0.185 e. The number of nitrogens with zero attached hydrogens (tertiary/aromatic N) is 2. The normalized spacial score (nSPS) is 11.4. The summed E-state index contributed by atoms with van der Waals surface area (Å²) in [5, 5.41) is 8.69. The van der Waals surface area contributed by atoms with Crippen molar-refractivity contribution >= 4 is 5.78 Å². The summed E-state index contributed by atoms with van der Waals surface area (Å²) in [5.74, 6) is -1.02. The molecule has 1 aromatic rings. The molecule has 1 unspecified atom stereocenters.